The van der Waals surface area contributed by atoms with E-state index in [1.807, 2.05) is 25.1 Å². The van der Waals surface area contributed by atoms with Crippen LogP contribution in [-0.2, 0) is 13.1 Å². The summed E-state index contributed by atoms with van der Waals surface area (Å²) in [5.41, 5.74) is 2.46. The highest BCUT2D eigenvalue weighted by Crippen LogP contribution is 2.17. The Morgan fingerprint density at radius 3 is 2.81 bits per heavy atom. The van der Waals surface area contributed by atoms with E-state index in [1.165, 1.54) is 4.68 Å². The fraction of sp³-hybridized carbons (Fsp3) is 0.400. The van der Waals surface area contributed by atoms with E-state index >= 15 is 0 Å². The minimum Gasteiger partial charge on any atom is -0.377 e. The van der Waals surface area contributed by atoms with Crippen molar-refractivity contribution >= 4 is 21.6 Å². The summed E-state index contributed by atoms with van der Waals surface area (Å²) in [7, 11) is 0. The van der Waals surface area contributed by atoms with Crippen molar-refractivity contribution in [3.05, 3.63) is 50.6 Å². The van der Waals surface area contributed by atoms with E-state index < -0.39 is 0 Å². The van der Waals surface area contributed by atoms with E-state index in [9.17, 15) is 4.79 Å². The molecule has 0 radical (unpaired) electrons. The van der Waals surface area contributed by atoms with Crippen LogP contribution in [0.1, 0.15) is 25.2 Å². The molecule has 6 heteroatoms. The fourth-order valence-corrected chi connectivity index (χ4v) is 2.40. The molecule has 1 N–H and O–H groups in total. The molecule has 0 aliphatic carbocycles. The van der Waals surface area contributed by atoms with Gasteiger partial charge in [-0.2, -0.15) is 5.10 Å². The molecule has 0 amide bonds. The lowest BCUT2D eigenvalue weighted by Gasteiger charge is -2.11. The summed E-state index contributed by atoms with van der Waals surface area (Å²) >= 11 is 3.35. The predicted octanol–water partition coefficient (Wildman–Crippen LogP) is 2.98. The molecule has 2 aromatic heterocycles. The molecule has 0 aliphatic heterocycles. The third kappa shape index (κ3) is 4.14. The minimum atomic E-state index is -0.120. The van der Waals surface area contributed by atoms with Crippen LogP contribution in [0.15, 0.2) is 33.7 Å². The normalized spacial score (nSPS) is 10.9. The van der Waals surface area contributed by atoms with Gasteiger partial charge in [-0.3, -0.25) is 9.78 Å². The van der Waals surface area contributed by atoms with Crippen LogP contribution in [0.4, 0.5) is 5.69 Å². The molecule has 0 saturated carbocycles. The lowest BCUT2D eigenvalue weighted by Crippen LogP contribution is -2.26. The maximum atomic E-state index is 12.2. The molecule has 0 unspecified atom stereocenters. The Labute approximate surface area is 132 Å². The summed E-state index contributed by atoms with van der Waals surface area (Å²) in [5, 5.41) is 7.39. The molecule has 0 atom stereocenters. The first-order valence-corrected chi connectivity index (χ1v) is 7.68. The average Bonchev–Trinajstić information content (AvgIpc) is 2.43. The predicted molar refractivity (Wildman–Crippen MR) is 87.3 cm³/mol. The Morgan fingerprint density at radius 2 is 2.14 bits per heavy atom. The van der Waals surface area contributed by atoms with Crippen LogP contribution in [0, 0.1) is 12.8 Å². The first kappa shape index (κ1) is 15.7. The Hall–Kier alpha value is -1.69. The quantitative estimate of drug-likeness (QED) is 0.900. The summed E-state index contributed by atoms with van der Waals surface area (Å²) < 4.78 is 1.98. The van der Waals surface area contributed by atoms with Crippen molar-refractivity contribution in [1.29, 1.82) is 0 Å². The standard InChI is InChI=1S/C15H19BrN4O/c1-10(2)9-20-15(21)14(16)13(8-18-20)17-7-12-6-4-5-11(3)19-12/h4-6,8,10,17H,7,9H2,1-3H3. The Bertz CT molecular complexity index is 682. The maximum absolute atomic E-state index is 12.2. The van der Waals surface area contributed by atoms with Crippen LogP contribution in [0.25, 0.3) is 0 Å². The largest absolute Gasteiger partial charge is 0.377 e. The van der Waals surface area contributed by atoms with Crippen molar-refractivity contribution in [2.45, 2.75) is 33.9 Å². The highest BCUT2D eigenvalue weighted by molar-refractivity contribution is 9.10. The average molecular weight is 351 g/mol. The molecule has 0 bridgehead atoms. The number of halogens is 1. The first-order chi connectivity index (χ1) is 9.97. The zero-order chi connectivity index (χ0) is 15.4. The van der Waals surface area contributed by atoms with Gasteiger partial charge in [0.1, 0.15) is 4.47 Å². The van der Waals surface area contributed by atoms with Crippen molar-refractivity contribution < 1.29 is 0 Å². The van der Waals surface area contributed by atoms with Gasteiger partial charge in [-0.15, -0.1) is 0 Å². The van der Waals surface area contributed by atoms with Crippen LogP contribution in [0.5, 0.6) is 0 Å². The maximum Gasteiger partial charge on any atom is 0.283 e. The monoisotopic (exact) mass is 350 g/mol. The molecule has 5 nitrogen and oxygen atoms in total. The number of aromatic nitrogens is 3. The second-order valence-electron chi connectivity index (χ2n) is 5.38. The van der Waals surface area contributed by atoms with Crippen molar-refractivity contribution in [3.8, 4) is 0 Å². The number of hydrogen-bond acceptors (Lipinski definition) is 4. The van der Waals surface area contributed by atoms with Crippen LogP contribution in [-0.4, -0.2) is 14.8 Å². The summed E-state index contributed by atoms with van der Waals surface area (Å²) in [6, 6.07) is 5.86. The molecular weight excluding hydrogens is 332 g/mol. The van der Waals surface area contributed by atoms with Gasteiger partial charge in [0.15, 0.2) is 0 Å². The van der Waals surface area contributed by atoms with Gasteiger partial charge in [0.05, 0.1) is 24.1 Å². The topological polar surface area (TPSA) is 59.8 Å². The summed E-state index contributed by atoms with van der Waals surface area (Å²) in [5.74, 6) is 0.373. The summed E-state index contributed by atoms with van der Waals surface area (Å²) in [4.78, 5) is 16.6. The fourth-order valence-electron chi connectivity index (χ4n) is 1.95. The highest BCUT2D eigenvalue weighted by atomic mass is 79.9. The molecule has 112 valence electrons. The van der Waals surface area contributed by atoms with Crippen LogP contribution >= 0.6 is 15.9 Å². The van der Waals surface area contributed by atoms with Crippen molar-refractivity contribution in [3.63, 3.8) is 0 Å². The highest BCUT2D eigenvalue weighted by Gasteiger charge is 2.09. The number of hydrogen-bond donors (Lipinski definition) is 1. The first-order valence-electron chi connectivity index (χ1n) is 6.89. The van der Waals surface area contributed by atoms with E-state index in [4.69, 9.17) is 0 Å². The second-order valence-corrected chi connectivity index (χ2v) is 6.17. The molecule has 0 aromatic carbocycles. The zero-order valence-corrected chi connectivity index (χ0v) is 14.0. The molecule has 2 aromatic rings. The van der Waals surface area contributed by atoms with Crippen LogP contribution in [0.2, 0.25) is 0 Å². The molecule has 21 heavy (non-hydrogen) atoms. The lowest BCUT2D eigenvalue weighted by molar-refractivity contribution is 0.462. The van der Waals surface area contributed by atoms with Gasteiger partial charge in [-0.25, -0.2) is 4.68 Å². The summed E-state index contributed by atoms with van der Waals surface area (Å²) in [6.07, 6.45) is 1.67. The van der Waals surface area contributed by atoms with Gasteiger partial charge >= 0.3 is 0 Å². The molecule has 0 spiro atoms. The lowest BCUT2D eigenvalue weighted by atomic mass is 10.2. The number of nitrogens with zero attached hydrogens (tertiary/aromatic N) is 3. The van der Waals surface area contributed by atoms with E-state index in [2.05, 4.69) is 45.2 Å². The third-order valence-corrected chi connectivity index (χ3v) is 3.70. The van der Waals surface area contributed by atoms with Gasteiger partial charge < -0.3 is 5.32 Å². The number of anilines is 1. The number of pyridine rings is 1. The summed E-state index contributed by atoms with van der Waals surface area (Å²) in [6.45, 7) is 7.22. The van der Waals surface area contributed by atoms with Crippen molar-refractivity contribution in [1.82, 2.24) is 14.8 Å². The van der Waals surface area contributed by atoms with Gasteiger partial charge in [0.25, 0.3) is 5.56 Å². The minimum absolute atomic E-state index is 0.120. The van der Waals surface area contributed by atoms with Gasteiger partial charge in [-0.1, -0.05) is 19.9 Å². The number of aryl methyl sites for hydroxylation is 1. The third-order valence-electron chi connectivity index (χ3n) is 2.93. The van der Waals surface area contributed by atoms with E-state index in [1.54, 1.807) is 6.20 Å². The van der Waals surface area contributed by atoms with E-state index in [0.717, 1.165) is 11.4 Å². The van der Waals surface area contributed by atoms with Crippen molar-refractivity contribution in [2.24, 2.45) is 5.92 Å². The van der Waals surface area contributed by atoms with Crippen molar-refractivity contribution in [2.75, 3.05) is 5.32 Å². The van der Waals surface area contributed by atoms with E-state index in [-0.39, 0.29) is 5.56 Å². The van der Waals surface area contributed by atoms with E-state index in [0.29, 0.717) is 29.2 Å². The molecule has 0 aliphatic rings. The molecular formula is C15H19BrN4O. The zero-order valence-electron chi connectivity index (χ0n) is 12.4. The Balaban J connectivity index is 2.14. The van der Waals surface area contributed by atoms with Crippen LogP contribution in [0.3, 0.4) is 0 Å². The number of rotatable bonds is 5. The second kappa shape index (κ2) is 6.85. The Morgan fingerprint density at radius 1 is 1.38 bits per heavy atom. The number of nitrogens with one attached hydrogen (secondary N) is 1. The Kier molecular flexibility index (Phi) is 5.12. The molecule has 2 heterocycles. The van der Waals surface area contributed by atoms with Gasteiger partial charge in [0.2, 0.25) is 0 Å². The molecule has 2 rings (SSSR count). The van der Waals surface area contributed by atoms with Gasteiger partial charge in [0, 0.05) is 12.2 Å². The van der Waals surface area contributed by atoms with Crippen LogP contribution < -0.4 is 10.9 Å². The molecule has 0 fully saturated rings. The SMILES string of the molecule is Cc1cccc(CNc2cnn(CC(C)C)c(=O)c2Br)n1. The molecule has 0 saturated heterocycles. The smallest absolute Gasteiger partial charge is 0.283 e. The van der Waals surface area contributed by atoms with Gasteiger partial charge in [-0.05, 0) is 40.9 Å².